The van der Waals surface area contributed by atoms with Crippen LogP contribution in [0.25, 0.3) is 0 Å². The van der Waals surface area contributed by atoms with Crippen molar-refractivity contribution in [2.45, 2.75) is 26.4 Å². The molecule has 0 bridgehead atoms. The van der Waals surface area contributed by atoms with E-state index in [-0.39, 0.29) is 11.9 Å². The molecule has 0 saturated heterocycles. The summed E-state index contributed by atoms with van der Waals surface area (Å²) in [7, 11) is 0. The number of hydrogen-bond acceptors (Lipinski definition) is 2. The second-order valence-corrected chi connectivity index (χ2v) is 6.01. The molecule has 96 valence electrons. The molecule has 0 saturated carbocycles. The highest BCUT2D eigenvalue weighted by Gasteiger charge is 2.11. The highest BCUT2D eigenvalue weighted by atomic mass is 79.9. The van der Waals surface area contributed by atoms with Crippen LogP contribution in [0.1, 0.15) is 29.7 Å². The summed E-state index contributed by atoms with van der Waals surface area (Å²) in [4.78, 5) is 0. The Labute approximate surface area is 119 Å². The topological polar surface area (TPSA) is 12.0 Å². The maximum atomic E-state index is 13.8. The van der Waals surface area contributed by atoms with E-state index >= 15 is 0 Å². The van der Waals surface area contributed by atoms with Crippen LogP contribution >= 0.6 is 27.3 Å². The van der Waals surface area contributed by atoms with Gasteiger partial charge < -0.3 is 5.32 Å². The maximum Gasteiger partial charge on any atom is 0.129 e. The van der Waals surface area contributed by atoms with E-state index in [0.29, 0.717) is 5.56 Å². The van der Waals surface area contributed by atoms with E-state index in [1.165, 1.54) is 17.2 Å². The van der Waals surface area contributed by atoms with Crippen LogP contribution in [0.2, 0.25) is 0 Å². The largest absolute Gasteiger partial charge is 0.306 e. The zero-order chi connectivity index (χ0) is 13.1. The zero-order valence-electron chi connectivity index (χ0n) is 10.3. The smallest absolute Gasteiger partial charge is 0.129 e. The first-order valence-corrected chi connectivity index (χ1v) is 7.51. The predicted octanol–water partition coefficient (Wildman–Crippen LogP) is 4.81. The first-order chi connectivity index (χ1) is 8.58. The Bertz CT molecular complexity index is 538. The summed E-state index contributed by atoms with van der Waals surface area (Å²) in [6.07, 6.45) is 0. The van der Waals surface area contributed by atoms with Crippen molar-refractivity contribution < 1.29 is 4.39 Å². The molecule has 1 heterocycles. The predicted molar refractivity (Wildman–Crippen MR) is 78.4 cm³/mol. The summed E-state index contributed by atoms with van der Waals surface area (Å²) in [5, 5.41) is 7.61. The third-order valence-electron chi connectivity index (χ3n) is 2.99. The molecule has 0 aliphatic carbocycles. The third kappa shape index (κ3) is 3.19. The van der Waals surface area contributed by atoms with Crippen molar-refractivity contribution in [1.82, 2.24) is 5.32 Å². The molecule has 4 heteroatoms. The molecule has 1 unspecified atom stereocenters. The van der Waals surface area contributed by atoms with Crippen LogP contribution in [0.5, 0.6) is 0 Å². The van der Waals surface area contributed by atoms with Crippen molar-refractivity contribution in [3.8, 4) is 0 Å². The van der Waals surface area contributed by atoms with Gasteiger partial charge in [-0.15, -0.1) is 0 Å². The molecule has 1 nitrogen and oxygen atoms in total. The average Bonchev–Trinajstić information content (AvgIpc) is 2.72. The lowest BCUT2D eigenvalue weighted by molar-refractivity contribution is 0.527. The van der Waals surface area contributed by atoms with Crippen LogP contribution in [0.3, 0.4) is 0 Å². The fourth-order valence-electron chi connectivity index (χ4n) is 1.79. The lowest BCUT2D eigenvalue weighted by Gasteiger charge is -2.15. The van der Waals surface area contributed by atoms with Crippen LogP contribution < -0.4 is 5.32 Å². The van der Waals surface area contributed by atoms with E-state index in [1.54, 1.807) is 11.3 Å². The molecule has 2 aromatic rings. The highest BCUT2D eigenvalue weighted by Crippen LogP contribution is 2.22. The fourth-order valence-corrected chi connectivity index (χ4v) is 2.98. The van der Waals surface area contributed by atoms with Crippen LogP contribution in [-0.2, 0) is 6.54 Å². The molecule has 0 amide bonds. The number of rotatable bonds is 4. The van der Waals surface area contributed by atoms with E-state index in [2.05, 4.69) is 38.9 Å². The average molecular weight is 328 g/mol. The Morgan fingerprint density at radius 1 is 1.39 bits per heavy atom. The van der Waals surface area contributed by atoms with Gasteiger partial charge in [0, 0.05) is 22.6 Å². The number of benzene rings is 1. The normalized spacial score (nSPS) is 12.7. The maximum absolute atomic E-state index is 13.8. The lowest BCUT2D eigenvalue weighted by Crippen LogP contribution is -2.19. The minimum absolute atomic E-state index is 0.00241. The van der Waals surface area contributed by atoms with Gasteiger partial charge in [0.2, 0.25) is 0 Å². The van der Waals surface area contributed by atoms with Crippen molar-refractivity contribution in [2.75, 3.05) is 0 Å². The summed E-state index contributed by atoms with van der Waals surface area (Å²) < 4.78 is 14.5. The first kappa shape index (κ1) is 13.7. The van der Waals surface area contributed by atoms with Gasteiger partial charge in [-0.1, -0.05) is 22.0 Å². The Morgan fingerprint density at radius 3 is 2.78 bits per heavy atom. The number of hydrogen-bond donors (Lipinski definition) is 1. The quantitative estimate of drug-likeness (QED) is 0.849. The van der Waals surface area contributed by atoms with E-state index in [4.69, 9.17) is 0 Å². The molecule has 1 aromatic heterocycles. The Kier molecular flexibility index (Phi) is 4.54. The van der Waals surface area contributed by atoms with Crippen LogP contribution in [0.15, 0.2) is 33.4 Å². The third-order valence-corrected chi connectivity index (χ3v) is 4.39. The van der Waals surface area contributed by atoms with Gasteiger partial charge in [0.05, 0.1) is 0 Å². The Hall–Kier alpha value is -0.710. The van der Waals surface area contributed by atoms with E-state index < -0.39 is 0 Å². The minimum Gasteiger partial charge on any atom is -0.306 e. The molecule has 2 rings (SSSR count). The van der Waals surface area contributed by atoms with Crippen LogP contribution in [0.4, 0.5) is 4.39 Å². The van der Waals surface area contributed by atoms with Gasteiger partial charge in [-0.25, -0.2) is 4.39 Å². The molecular formula is C14H15BrFNS. The minimum atomic E-state index is -0.175. The van der Waals surface area contributed by atoms with Gasteiger partial charge in [-0.3, -0.25) is 0 Å². The van der Waals surface area contributed by atoms with Crippen molar-refractivity contribution >= 4 is 27.3 Å². The van der Waals surface area contributed by atoms with Gasteiger partial charge >= 0.3 is 0 Å². The van der Waals surface area contributed by atoms with Crippen molar-refractivity contribution in [3.63, 3.8) is 0 Å². The number of thiophene rings is 1. The second kappa shape index (κ2) is 5.95. The molecule has 0 radical (unpaired) electrons. The van der Waals surface area contributed by atoms with Gasteiger partial charge in [-0.05, 0) is 47.9 Å². The van der Waals surface area contributed by atoms with Crippen molar-refractivity contribution in [1.29, 1.82) is 0 Å². The summed E-state index contributed by atoms with van der Waals surface area (Å²) >= 11 is 4.96. The second-order valence-electron chi connectivity index (χ2n) is 4.35. The molecular weight excluding hydrogens is 313 g/mol. The monoisotopic (exact) mass is 327 g/mol. The van der Waals surface area contributed by atoms with Crippen LogP contribution in [0, 0.1) is 12.7 Å². The Morgan fingerprint density at radius 2 is 2.17 bits per heavy atom. The lowest BCUT2D eigenvalue weighted by atomic mass is 10.1. The van der Waals surface area contributed by atoms with E-state index in [1.807, 2.05) is 19.1 Å². The van der Waals surface area contributed by atoms with Crippen LogP contribution in [-0.4, -0.2) is 0 Å². The van der Waals surface area contributed by atoms with Gasteiger partial charge in [0.1, 0.15) is 5.82 Å². The first-order valence-electron chi connectivity index (χ1n) is 5.78. The molecule has 0 spiro atoms. The summed E-state index contributed by atoms with van der Waals surface area (Å²) in [6, 6.07) is 5.19. The highest BCUT2D eigenvalue weighted by molar-refractivity contribution is 9.10. The molecule has 0 aliphatic heterocycles. The molecule has 18 heavy (non-hydrogen) atoms. The van der Waals surface area contributed by atoms with Gasteiger partial charge in [-0.2, -0.15) is 11.3 Å². The molecule has 0 fully saturated rings. The molecule has 0 aliphatic rings. The van der Waals surface area contributed by atoms with Gasteiger partial charge in [0.15, 0.2) is 0 Å². The summed E-state index contributed by atoms with van der Waals surface area (Å²) in [6.45, 7) is 4.85. The molecule has 1 atom stereocenters. The van der Waals surface area contributed by atoms with E-state index in [0.717, 1.165) is 11.0 Å². The number of aryl methyl sites for hydroxylation is 1. The Balaban J connectivity index is 2.03. The SMILES string of the molecule is Cc1cscc1CNC(C)c1ccc(Br)cc1F. The number of nitrogens with one attached hydrogen (secondary N) is 1. The standard InChI is InChI=1S/C14H15BrFNS/c1-9-7-18-8-11(9)6-17-10(2)13-4-3-12(15)5-14(13)16/h3-5,7-8,10,17H,6H2,1-2H3. The number of halogens is 2. The van der Waals surface area contributed by atoms with Crippen molar-refractivity contribution in [3.05, 3.63) is 55.9 Å². The van der Waals surface area contributed by atoms with Crippen molar-refractivity contribution in [2.24, 2.45) is 0 Å². The summed E-state index contributed by atoms with van der Waals surface area (Å²) in [5.41, 5.74) is 3.27. The fraction of sp³-hybridized carbons (Fsp3) is 0.286. The molecule has 1 N–H and O–H groups in total. The summed E-state index contributed by atoms with van der Waals surface area (Å²) in [5.74, 6) is -0.175. The van der Waals surface area contributed by atoms with Gasteiger partial charge in [0.25, 0.3) is 0 Å². The zero-order valence-corrected chi connectivity index (χ0v) is 12.7. The molecule has 1 aromatic carbocycles. The van der Waals surface area contributed by atoms with E-state index in [9.17, 15) is 4.39 Å².